The zero-order valence-corrected chi connectivity index (χ0v) is 14.3. The van der Waals surface area contributed by atoms with Crippen LogP contribution in [0.1, 0.15) is 25.3 Å². The van der Waals surface area contributed by atoms with E-state index in [2.05, 4.69) is 9.47 Å². The van der Waals surface area contributed by atoms with Crippen LogP contribution in [-0.4, -0.2) is 39.1 Å². The van der Waals surface area contributed by atoms with Crippen LogP contribution in [0.2, 0.25) is 0 Å². The van der Waals surface area contributed by atoms with Gasteiger partial charge in [0.25, 0.3) is 0 Å². The lowest BCUT2D eigenvalue weighted by Gasteiger charge is -2.09. The Labute approximate surface area is 145 Å². The first-order chi connectivity index (χ1) is 12.0. The van der Waals surface area contributed by atoms with Gasteiger partial charge in [0.1, 0.15) is 0 Å². The van der Waals surface area contributed by atoms with Gasteiger partial charge in [0.05, 0.1) is 20.8 Å². The van der Waals surface area contributed by atoms with E-state index in [0.717, 1.165) is 27.1 Å². The molecule has 0 spiro atoms. The molecule has 0 amide bonds. The van der Waals surface area contributed by atoms with Crippen molar-refractivity contribution in [3.05, 3.63) is 29.8 Å². The first-order valence-corrected chi connectivity index (χ1v) is 7.50. The largest absolute Gasteiger partial charge is 0.513 e. The Hall–Kier alpha value is -3.03. The molecule has 1 aromatic carbocycles. The molecule has 136 valence electrons. The SMILES string of the molecule is CCCCOC(=O)/C=C/c1ccc(OC(=O)OC)c(OC(=O)OC)c1. The number of carbonyl (C=O) groups excluding carboxylic acids is 3. The molecule has 0 heterocycles. The van der Waals surface area contributed by atoms with Crippen LogP contribution in [0.15, 0.2) is 24.3 Å². The number of hydrogen-bond donors (Lipinski definition) is 0. The smallest absolute Gasteiger partial charge is 0.463 e. The standard InChI is InChI=1S/C17H20O8/c1-4-5-10-23-15(18)9-7-12-6-8-13(24-16(19)21-2)14(11-12)25-17(20)22-3/h6-9,11H,4-5,10H2,1-3H3/b9-7+. The van der Waals surface area contributed by atoms with Gasteiger partial charge in [-0.1, -0.05) is 19.4 Å². The lowest BCUT2D eigenvalue weighted by molar-refractivity contribution is -0.137. The molecule has 0 bridgehead atoms. The first kappa shape index (κ1) is 20.0. The summed E-state index contributed by atoms with van der Waals surface area (Å²) in [6.45, 7) is 2.34. The summed E-state index contributed by atoms with van der Waals surface area (Å²) in [6.07, 6.45) is 2.46. The van der Waals surface area contributed by atoms with Crippen molar-refractivity contribution in [3.8, 4) is 11.5 Å². The van der Waals surface area contributed by atoms with Gasteiger partial charge in [-0.15, -0.1) is 0 Å². The number of methoxy groups -OCH3 is 2. The predicted octanol–water partition coefficient (Wildman–Crippen LogP) is 3.33. The summed E-state index contributed by atoms with van der Waals surface area (Å²) in [5.41, 5.74) is 0.517. The molecule has 1 rings (SSSR count). The number of ether oxygens (including phenoxy) is 5. The van der Waals surface area contributed by atoms with Gasteiger partial charge >= 0.3 is 18.3 Å². The van der Waals surface area contributed by atoms with Crippen LogP contribution < -0.4 is 9.47 Å². The molecule has 0 aliphatic carbocycles. The summed E-state index contributed by atoms with van der Waals surface area (Å²) < 4.78 is 23.6. The maximum absolute atomic E-state index is 11.6. The van der Waals surface area contributed by atoms with Crippen molar-refractivity contribution >= 4 is 24.4 Å². The maximum Gasteiger partial charge on any atom is 0.513 e. The lowest BCUT2D eigenvalue weighted by Crippen LogP contribution is -2.12. The summed E-state index contributed by atoms with van der Waals surface area (Å²) in [6, 6.07) is 4.33. The highest BCUT2D eigenvalue weighted by Crippen LogP contribution is 2.29. The van der Waals surface area contributed by atoms with Gasteiger partial charge in [-0.2, -0.15) is 0 Å². The third kappa shape index (κ3) is 7.38. The van der Waals surface area contributed by atoms with Crippen molar-refractivity contribution in [2.75, 3.05) is 20.8 Å². The normalized spacial score (nSPS) is 10.2. The Balaban J connectivity index is 2.90. The highest BCUT2D eigenvalue weighted by Gasteiger charge is 2.14. The molecule has 1 aromatic rings. The molecule has 0 aliphatic rings. The number of hydrogen-bond acceptors (Lipinski definition) is 8. The molecule has 8 heteroatoms. The fourth-order valence-corrected chi connectivity index (χ4v) is 1.58. The molecule has 0 N–H and O–H groups in total. The summed E-state index contributed by atoms with van der Waals surface area (Å²) in [5, 5.41) is 0. The minimum Gasteiger partial charge on any atom is -0.463 e. The fourth-order valence-electron chi connectivity index (χ4n) is 1.58. The van der Waals surface area contributed by atoms with Crippen molar-refractivity contribution in [1.82, 2.24) is 0 Å². The van der Waals surface area contributed by atoms with E-state index in [0.29, 0.717) is 12.2 Å². The topological polar surface area (TPSA) is 97.4 Å². The zero-order valence-electron chi connectivity index (χ0n) is 14.3. The average Bonchev–Trinajstić information content (AvgIpc) is 2.61. The zero-order chi connectivity index (χ0) is 18.7. The van der Waals surface area contributed by atoms with Crippen LogP contribution in [0.25, 0.3) is 6.08 Å². The second-order valence-corrected chi connectivity index (χ2v) is 4.67. The number of esters is 1. The van der Waals surface area contributed by atoms with Crippen LogP contribution in [0.4, 0.5) is 9.59 Å². The maximum atomic E-state index is 11.6. The van der Waals surface area contributed by atoms with Gasteiger partial charge in [0, 0.05) is 6.08 Å². The van der Waals surface area contributed by atoms with Crippen LogP contribution >= 0.6 is 0 Å². The number of benzene rings is 1. The molecule has 8 nitrogen and oxygen atoms in total. The van der Waals surface area contributed by atoms with Crippen molar-refractivity contribution in [3.63, 3.8) is 0 Å². The van der Waals surface area contributed by atoms with Crippen molar-refractivity contribution in [1.29, 1.82) is 0 Å². The summed E-state index contributed by atoms with van der Waals surface area (Å²) in [5.74, 6) is -0.600. The van der Waals surface area contributed by atoms with E-state index < -0.39 is 18.3 Å². The van der Waals surface area contributed by atoms with Gasteiger partial charge in [-0.3, -0.25) is 0 Å². The Bertz CT molecular complexity index is 636. The lowest BCUT2D eigenvalue weighted by atomic mass is 10.2. The first-order valence-electron chi connectivity index (χ1n) is 7.50. The van der Waals surface area contributed by atoms with Crippen molar-refractivity contribution in [2.45, 2.75) is 19.8 Å². The molecule has 0 saturated carbocycles. The van der Waals surface area contributed by atoms with Crippen LogP contribution in [0, 0.1) is 0 Å². The Morgan fingerprint density at radius 3 is 2.24 bits per heavy atom. The van der Waals surface area contributed by atoms with Crippen LogP contribution in [0.5, 0.6) is 11.5 Å². The van der Waals surface area contributed by atoms with Crippen molar-refractivity contribution < 1.29 is 38.1 Å². The quantitative estimate of drug-likeness (QED) is 0.242. The Morgan fingerprint density at radius 2 is 1.64 bits per heavy atom. The van der Waals surface area contributed by atoms with Gasteiger partial charge in [-0.05, 0) is 30.2 Å². The minimum atomic E-state index is -0.991. The third-order valence-corrected chi connectivity index (χ3v) is 2.84. The average molecular weight is 352 g/mol. The summed E-state index contributed by atoms with van der Waals surface area (Å²) in [7, 11) is 2.28. The van der Waals surface area contributed by atoms with E-state index >= 15 is 0 Å². The summed E-state index contributed by atoms with van der Waals surface area (Å²) in [4.78, 5) is 34.1. The fraction of sp³-hybridized carbons (Fsp3) is 0.353. The molecule has 25 heavy (non-hydrogen) atoms. The van der Waals surface area contributed by atoms with Gasteiger partial charge in [-0.25, -0.2) is 14.4 Å². The van der Waals surface area contributed by atoms with E-state index in [9.17, 15) is 14.4 Å². The molecule has 0 aliphatic heterocycles. The minimum absolute atomic E-state index is 0.0417. The highest BCUT2D eigenvalue weighted by atomic mass is 16.7. The van der Waals surface area contributed by atoms with Crippen LogP contribution in [0.3, 0.4) is 0 Å². The molecule has 0 aromatic heterocycles. The number of rotatable bonds is 7. The predicted molar refractivity (Wildman–Crippen MR) is 87.4 cm³/mol. The molecule has 0 atom stereocenters. The second-order valence-electron chi connectivity index (χ2n) is 4.67. The van der Waals surface area contributed by atoms with E-state index in [1.807, 2.05) is 6.92 Å². The monoisotopic (exact) mass is 352 g/mol. The second kappa shape index (κ2) is 10.7. The number of unbranched alkanes of at least 4 members (excludes halogenated alkanes) is 1. The van der Waals surface area contributed by atoms with E-state index in [-0.39, 0.29) is 11.5 Å². The van der Waals surface area contributed by atoms with Crippen molar-refractivity contribution in [2.24, 2.45) is 0 Å². The van der Waals surface area contributed by atoms with E-state index in [1.54, 1.807) is 6.07 Å². The molecule has 0 saturated heterocycles. The highest BCUT2D eigenvalue weighted by molar-refractivity contribution is 5.87. The van der Waals surface area contributed by atoms with Gasteiger partial charge in [0.2, 0.25) is 0 Å². The Morgan fingerprint density at radius 1 is 1.00 bits per heavy atom. The van der Waals surface area contributed by atoms with Gasteiger partial charge < -0.3 is 23.7 Å². The molecule has 0 unspecified atom stereocenters. The molecular weight excluding hydrogens is 332 g/mol. The van der Waals surface area contributed by atoms with Gasteiger partial charge in [0.15, 0.2) is 11.5 Å². The Kier molecular flexibility index (Phi) is 8.56. The number of carbonyl (C=O) groups is 3. The molecule has 0 fully saturated rings. The third-order valence-electron chi connectivity index (χ3n) is 2.84. The summed E-state index contributed by atoms with van der Waals surface area (Å²) >= 11 is 0. The molecule has 0 radical (unpaired) electrons. The van der Waals surface area contributed by atoms with E-state index in [4.69, 9.17) is 14.2 Å². The molecular formula is C17H20O8. The van der Waals surface area contributed by atoms with Crippen LogP contribution in [-0.2, 0) is 19.0 Å². The van der Waals surface area contributed by atoms with E-state index in [1.165, 1.54) is 24.3 Å².